The topological polar surface area (TPSA) is 89.9 Å². The Bertz CT molecular complexity index is 496. The first-order valence-corrected chi connectivity index (χ1v) is 12.2. The highest BCUT2D eigenvalue weighted by atomic mass is 16.4. The summed E-state index contributed by atoms with van der Waals surface area (Å²) >= 11 is 0. The van der Waals surface area contributed by atoms with Gasteiger partial charge in [0.15, 0.2) is 0 Å². The number of unbranched alkanes of at least 4 members (excludes halogenated alkanes) is 13. The summed E-state index contributed by atoms with van der Waals surface area (Å²) in [5.74, 6) is -2.15. The fraction of sp³-hybridized carbons (Fsp3) is 0.833. The van der Waals surface area contributed by atoms with E-state index in [4.69, 9.17) is 5.11 Å². The van der Waals surface area contributed by atoms with E-state index >= 15 is 0 Å². The molecule has 1 heterocycles. The Morgan fingerprint density at radius 1 is 0.933 bits per heavy atom. The van der Waals surface area contributed by atoms with Gasteiger partial charge in [0.1, 0.15) is 6.04 Å². The van der Waals surface area contributed by atoms with Gasteiger partial charge in [-0.25, -0.2) is 0 Å². The van der Waals surface area contributed by atoms with Gasteiger partial charge in [-0.15, -0.1) is 0 Å². The second-order valence-corrected chi connectivity index (χ2v) is 8.55. The maximum Gasteiger partial charge on any atom is 0.321 e. The number of carboxylic acid groups (broad SMARTS) is 2. The van der Waals surface area contributed by atoms with E-state index < -0.39 is 18.0 Å². The number of nitrogens with one attached hydrogen (secondary N) is 1. The highest BCUT2D eigenvalue weighted by Crippen LogP contribution is 2.15. The van der Waals surface area contributed by atoms with Crippen molar-refractivity contribution in [2.45, 2.75) is 115 Å². The molecule has 0 spiro atoms. The highest BCUT2D eigenvalue weighted by Gasteiger charge is 2.34. The lowest BCUT2D eigenvalue weighted by atomic mass is 10.0. The lowest BCUT2D eigenvalue weighted by molar-refractivity contribution is -0.149. The van der Waals surface area contributed by atoms with Gasteiger partial charge in [0, 0.05) is 13.1 Å². The van der Waals surface area contributed by atoms with Gasteiger partial charge >= 0.3 is 11.9 Å². The summed E-state index contributed by atoms with van der Waals surface area (Å²) in [4.78, 5) is 24.1. The van der Waals surface area contributed by atoms with E-state index in [9.17, 15) is 14.7 Å². The van der Waals surface area contributed by atoms with Crippen LogP contribution in [0.1, 0.15) is 103 Å². The van der Waals surface area contributed by atoms with Crippen LogP contribution in [0.3, 0.4) is 0 Å². The van der Waals surface area contributed by atoms with Crippen LogP contribution >= 0.6 is 0 Å². The zero-order valence-corrected chi connectivity index (χ0v) is 19.0. The minimum atomic E-state index is -1.08. The first kappa shape index (κ1) is 26.6. The van der Waals surface area contributed by atoms with Crippen LogP contribution < -0.4 is 5.32 Å². The van der Waals surface area contributed by atoms with E-state index in [1.807, 2.05) is 6.08 Å². The number of carboxylic acids is 2. The number of hydrogen-bond donors (Lipinski definition) is 3. The van der Waals surface area contributed by atoms with Crippen LogP contribution in [-0.4, -0.2) is 52.3 Å². The number of rotatable bonds is 19. The van der Waals surface area contributed by atoms with Crippen LogP contribution in [0.15, 0.2) is 12.2 Å². The van der Waals surface area contributed by atoms with Gasteiger partial charge in [-0.3, -0.25) is 19.8 Å². The Morgan fingerprint density at radius 2 is 1.47 bits per heavy atom. The minimum absolute atomic E-state index is 0.188. The predicted molar refractivity (Wildman–Crippen MR) is 122 cm³/mol. The quantitative estimate of drug-likeness (QED) is 0.195. The second-order valence-electron chi connectivity index (χ2n) is 8.55. The van der Waals surface area contributed by atoms with Crippen LogP contribution in [0, 0.1) is 0 Å². The minimum Gasteiger partial charge on any atom is -0.481 e. The van der Waals surface area contributed by atoms with E-state index in [1.54, 1.807) is 4.90 Å². The number of allylic oxidation sites excluding steroid dienone is 1. The van der Waals surface area contributed by atoms with Gasteiger partial charge in [0.05, 0.1) is 12.6 Å². The molecule has 1 aliphatic heterocycles. The summed E-state index contributed by atoms with van der Waals surface area (Å²) in [6.45, 7) is 3.49. The van der Waals surface area contributed by atoms with Crippen molar-refractivity contribution in [3.05, 3.63) is 12.2 Å². The average molecular weight is 425 g/mol. The Labute approximate surface area is 183 Å². The highest BCUT2D eigenvalue weighted by molar-refractivity contribution is 5.80. The van der Waals surface area contributed by atoms with Gasteiger partial charge in [-0.1, -0.05) is 96.1 Å². The Balaban J connectivity index is 2.05. The van der Waals surface area contributed by atoms with Gasteiger partial charge in [-0.2, -0.15) is 0 Å². The van der Waals surface area contributed by atoms with Crippen molar-refractivity contribution >= 4 is 11.9 Å². The average Bonchev–Trinajstić information content (AvgIpc) is 3.16. The molecule has 1 fully saturated rings. The van der Waals surface area contributed by atoms with Gasteiger partial charge < -0.3 is 10.2 Å². The zero-order chi connectivity index (χ0) is 22.0. The van der Waals surface area contributed by atoms with Crippen LogP contribution in [0.5, 0.6) is 0 Å². The number of carbonyl (C=O) groups is 2. The van der Waals surface area contributed by atoms with Crippen molar-refractivity contribution in [2.24, 2.45) is 0 Å². The molecular weight excluding hydrogens is 380 g/mol. The van der Waals surface area contributed by atoms with Crippen LogP contribution in [-0.2, 0) is 9.59 Å². The summed E-state index contributed by atoms with van der Waals surface area (Å²) in [6, 6.07) is -0.983. The second kappa shape index (κ2) is 17.3. The molecule has 6 heteroatoms. The fourth-order valence-electron chi connectivity index (χ4n) is 4.14. The molecule has 1 rings (SSSR count). The van der Waals surface area contributed by atoms with E-state index in [1.165, 1.54) is 77.0 Å². The van der Waals surface area contributed by atoms with Crippen molar-refractivity contribution in [2.75, 3.05) is 13.1 Å². The molecule has 0 aromatic carbocycles. The maximum absolute atomic E-state index is 11.4. The molecule has 2 unspecified atom stereocenters. The SMILES string of the molecule is CCCCCCCCCCCCCCCC=CC1NCCN1C(CC(=O)O)C(=O)O. The monoisotopic (exact) mass is 424 g/mol. The zero-order valence-electron chi connectivity index (χ0n) is 19.0. The molecular formula is C24H44N2O4. The molecule has 0 aliphatic carbocycles. The largest absolute Gasteiger partial charge is 0.481 e. The third kappa shape index (κ3) is 12.3. The Hall–Kier alpha value is -1.40. The van der Waals surface area contributed by atoms with Crippen LogP contribution in [0.4, 0.5) is 0 Å². The number of aliphatic carboxylic acids is 2. The van der Waals surface area contributed by atoms with Crippen molar-refractivity contribution in [1.29, 1.82) is 0 Å². The molecule has 1 aliphatic rings. The van der Waals surface area contributed by atoms with Crippen molar-refractivity contribution < 1.29 is 19.8 Å². The molecule has 0 bridgehead atoms. The third-order valence-corrected chi connectivity index (χ3v) is 5.93. The van der Waals surface area contributed by atoms with E-state index in [-0.39, 0.29) is 12.6 Å². The smallest absolute Gasteiger partial charge is 0.321 e. The van der Waals surface area contributed by atoms with Gasteiger partial charge in [0.25, 0.3) is 0 Å². The summed E-state index contributed by atoms with van der Waals surface area (Å²) in [7, 11) is 0. The summed E-state index contributed by atoms with van der Waals surface area (Å²) in [5, 5.41) is 21.6. The Kier molecular flexibility index (Phi) is 15.4. The molecule has 30 heavy (non-hydrogen) atoms. The summed E-state index contributed by atoms with van der Waals surface area (Å²) in [6.07, 6.45) is 22.0. The van der Waals surface area contributed by atoms with Gasteiger partial charge in [-0.05, 0) is 12.8 Å². The van der Waals surface area contributed by atoms with Crippen LogP contribution in [0.25, 0.3) is 0 Å². The molecule has 0 radical (unpaired) electrons. The number of nitrogens with zero attached hydrogens (tertiary/aromatic N) is 1. The first-order chi connectivity index (χ1) is 14.6. The van der Waals surface area contributed by atoms with Gasteiger partial charge in [0.2, 0.25) is 0 Å². The van der Waals surface area contributed by atoms with E-state index in [0.717, 1.165) is 12.8 Å². The van der Waals surface area contributed by atoms with E-state index in [0.29, 0.717) is 13.1 Å². The predicted octanol–water partition coefficient (Wildman–Crippen LogP) is 5.18. The molecule has 174 valence electrons. The molecule has 3 N–H and O–H groups in total. The van der Waals surface area contributed by atoms with Crippen molar-refractivity contribution in [3.63, 3.8) is 0 Å². The van der Waals surface area contributed by atoms with Crippen LogP contribution in [0.2, 0.25) is 0 Å². The first-order valence-electron chi connectivity index (χ1n) is 12.2. The molecule has 2 atom stereocenters. The third-order valence-electron chi connectivity index (χ3n) is 5.93. The molecule has 0 aromatic heterocycles. The normalized spacial score (nSPS) is 18.2. The molecule has 6 nitrogen and oxygen atoms in total. The Morgan fingerprint density at radius 3 is 1.97 bits per heavy atom. The molecule has 0 amide bonds. The summed E-state index contributed by atoms with van der Waals surface area (Å²) in [5.41, 5.74) is 0. The molecule has 0 aromatic rings. The van der Waals surface area contributed by atoms with E-state index in [2.05, 4.69) is 18.3 Å². The van der Waals surface area contributed by atoms with Crippen molar-refractivity contribution in [3.8, 4) is 0 Å². The fourth-order valence-corrected chi connectivity index (χ4v) is 4.14. The summed E-state index contributed by atoms with van der Waals surface area (Å²) < 4.78 is 0. The molecule has 1 saturated heterocycles. The van der Waals surface area contributed by atoms with Crippen molar-refractivity contribution in [1.82, 2.24) is 10.2 Å². The lowest BCUT2D eigenvalue weighted by Crippen LogP contribution is -2.46. The number of hydrogen-bond acceptors (Lipinski definition) is 4. The standard InChI is InChI=1S/C24H44N2O4/c1-2-3-4-5-6-7-8-9-10-11-12-13-14-15-16-17-22-25-18-19-26(22)21(24(29)30)20-23(27)28/h16-17,21-22,25H,2-15,18-20H2,1H3,(H,27,28)(H,29,30). The lowest BCUT2D eigenvalue weighted by Gasteiger charge is -2.27. The molecule has 0 saturated carbocycles. The maximum atomic E-state index is 11.4.